The number of nitrogens with one attached hydrogen (secondary N) is 2. The fraction of sp³-hybridized carbons (Fsp3) is 0.529. The Morgan fingerprint density at radius 2 is 1.96 bits per heavy atom. The maximum absolute atomic E-state index is 11.1. The van der Waals surface area contributed by atoms with Crippen molar-refractivity contribution in [2.24, 2.45) is 5.73 Å². The van der Waals surface area contributed by atoms with E-state index >= 15 is 0 Å². The van der Waals surface area contributed by atoms with E-state index in [2.05, 4.69) is 5.32 Å². The van der Waals surface area contributed by atoms with E-state index in [1.165, 1.54) is 18.3 Å². The minimum atomic E-state index is -4.02. The van der Waals surface area contributed by atoms with Gasteiger partial charge in [0, 0.05) is 12.8 Å². The molecular weight excluding hydrogens is 358 g/mol. The summed E-state index contributed by atoms with van der Waals surface area (Å²) in [7, 11) is -4.02. The summed E-state index contributed by atoms with van der Waals surface area (Å²) < 4.78 is 34.3. The monoisotopic (exact) mass is 387 g/mol. The molecule has 0 amide bonds. The predicted molar refractivity (Wildman–Crippen MR) is 101 cm³/mol. The maximum Gasteiger partial charge on any atom is 0.322 e. The van der Waals surface area contributed by atoms with Crippen LogP contribution in [0, 0.1) is 12.3 Å². The van der Waals surface area contributed by atoms with Gasteiger partial charge < -0.3 is 21.2 Å². The number of benzene rings is 1. The number of ether oxygens (including phenoxy) is 1. The van der Waals surface area contributed by atoms with Crippen molar-refractivity contribution in [3.63, 3.8) is 0 Å². The summed E-state index contributed by atoms with van der Waals surface area (Å²) in [6.45, 7) is 5.45. The van der Waals surface area contributed by atoms with Gasteiger partial charge in [-0.05, 0) is 45.4 Å². The van der Waals surface area contributed by atoms with Crippen molar-refractivity contribution < 1.29 is 22.5 Å². The molecule has 1 aromatic rings. The molecule has 0 radical (unpaired) electrons. The van der Waals surface area contributed by atoms with Gasteiger partial charge in [0.1, 0.15) is 6.04 Å². The number of nitrogens with two attached hydrogens (primary N) is 1. The van der Waals surface area contributed by atoms with Crippen molar-refractivity contribution >= 4 is 22.3 Å². The highest BCUT2D eigenvalue weighted by Gasteiger charge is 2.13. The second-order valence-electron chi connectivity index (χ2n) is 5.55. The molecule has 0 aromatic heterocycles. The van der Waals surface area contributed by atoms with Crippen molar-refractivity contribution in [2.75, 3.05) is 19.7 Å². The van der Waals surface area contributed by atoms with Crippen LogP contribution in [0.5, 0.6) is 0 Å². The minimum absolute atomic E-state index is 0.0666. The Hall–Kier alpha value is -1.81. The molecule has 0 aliphatic rings. The molecule has 1 atom stereocenters. The average Bonchev–Trinajstić information content (AvgIpc) is 2.58. The van der Waals surface area contributed by atoms with Gasteiger partial charge in [-0.3, -0.25) is 9.35 Å². The first-order valence-corrected chi connectivity index (χ1v) is 9.82. The largest absolute Gasteiger partial charge is 0.465 e. The summed E-state index contributed by atoms with van der Waals surface area (Å²) in [5.74, 6) is -0.315. The van der Waals surface area contributed by atoms with Crippen molar-refractivity contribution in [3.05, 3.63) is 29.8 Å². The molecule has 26 heavy (non-hydrogen) atoms. The zero-order valence-corrected chi connectivity index (χ0v) is 16.1. The summed E-state index contributed by atoms with van der Waals surface area (Å²) in [5.41, 5.74) is 6.57. The van der Waals surface area contributed by atoms with Crippen molar-refractivity contribution in [2.45, 2.75) is 44.0 Å². The zero-order chi connectivity index (χ0) is 20.0. The lowest BCUT2D eigenvalue weighted by molar-refractivity contribution is -0.144. The Morgan fingerprint density at radius 3 is 2.46 bits per heavy atom. The topological polar surface area (TPSA) is 143 Å². The van der Waals surface area contributed by atoms with Gasteiger partial charge in [0.2, 0.25) is 0 Å². The van der Waals surface area contributed by atoms with Crippen LogP contribution in [0.25, 0.3) is 0 Å². The molecule has 1 aromatic carbocycles. The molecule has 1 unspecified atom stereocenters. The standard InChI is InChI=1S/C10H21N3O2.C7H8O3S/c1-2-15-10(14)9(12)5-3-4-7-13-8-6-11;1-6-2-4-7(5-3-6)11(8,9)10/h6,9,11,13H,2-5,7-8,12H2,1H3;2-5H,1H3,(H,8,9,10). The van der Waals surface area contributed by atoms with Crippen molar-refractivity contribution in [1.29, 1.82) is 5.41 Å². The molecule has 0 saturated heterocycles. The minimum Gasteiger partial charge on any atom is -0.465 e. The van der Waals surface area contributed by atoms with E-state index in [0.717, 1.165) is 24.9 Å². The molecule has 0 aliphatic carbocycles. The first-order valence-electron chi connectivity index (χ1n) is 8.38. The summed E-state index contributed by atoms with van der Waals surface area (Å²) in [6.07, 6.45) is 3.83. The Morgan fingerprint density at radius 1 is 1.35 bits per heavy atom. The van der Waals surface area contributed by atoms with Gasteiger partial charge in [-0.25, -0.2) is 0 Å². The number of hydrogen-bond donors (Lipinski definition) is 4. The van der Waals surface area contributed by atoms with Gasteiger partial charge in [0.25, 0.3) is 10.1 Å². The molecule has 0 saturated carbocycles. The van der Waals surface area contributed by atoms with Gasteiger partial charge >= 0.3 is 5.97 Å². The Bertz CT molecular complexity index is 632. The van der Waals surface area contributed by atoms with Crippen LogP contribution in [-0.2, 0) is 19.6 Å². The van der Waals surface area contributed by atoms with Crippen LogP contribution in [0.2, 0.25) is 0 Å². The first-order chi connectivity index (χ1) is 12.2. The van der Waals surface area contributed by atoms with E-state index in [9.17, 15) is 13.2 Å². The van der Waals surface area contributed by atoms with Gasteiger partial charge in [0.05, 0.1) is 11.5 Å². The normalized spacial score (nSPS) is 11.8. The molecule has 1 rings (SSSR count). The highest BCUT2D eigenvalue weighted by Crippen LogP contribution is 2.08. The third kappa shape index (κ3) is 11.7. The van der Waals surface area contributed by atoms with Crippen LogP contribution in [-0.4, -0.2) is 50.9 Å². The number of unbranched alkanes of at least 4 members (excludes halogenated alkanes) is 1. The van der Waals surface area contributed by atoms with Crippen molar-refractivity contribution in [3.8, 4) is 0 Å². The lowest BCUT2D eigenvalue weighted by Crippen LogP contribution is -2.32. The second-order valence-corrected chi connectivity index (χ2v) is 6.97. The van der Waals surface area contributed by atoms with Crippen LogP contribution in [0.3, 0.4) is 0 Å². The lowest BCUT2D eigenvalue weighted by atomic mass is 10.1. The Kier molecular flexibility index (Phi) is 12.5. The highest BCUT2D eigenvalue weighted by molar-refractivity contribution is 7.85. The van der Waals surface area contributed by atoms with E-state index < -0.39 is 16.2 Å². The number of aryl methyl sites for hydroxylation is 1. The smallest absolute Gasteiger partial charge is 0.322 e. The molecule has 148 valence electrons. The fourth-order valence-corrected chi connectivity index (χ4v) is 2.35. The van der Waals surface area contributed by atoms with E-state index in [1.807, 2.05) is 6.92 Å². The molecule has 0 spiro atoms. The molecule has 8 nitrogen and oxygen atoms in total. The highest BCUT2D eigenvalue weighted by atomic mass is 32.2. The third-order valence-electron chi connectivity index (χ3n) is 3.27. The second kappa shape index (κ2) is 13.4. The third-order valence-corrected chi connectivity index (χ3v) is 4.14. The van der Waals surface area contributed by atoms with Gasteiger partial charge in [-0.1, -0.05) is 24.1 Å². The molecule has 0 fully saturated rings. The van der Waals surface area contributed by atoms with Crippen molar-refractivity contribution in [1.82, 2.24) is 5.32 Å². The van der Waals surface area contributed by atoms with Crippen LogP contribution >= 0.6 is 0 Å². The number of rotatable bonds is 10. The zero-order valence-electron chi connectivity index (χ0n) is 15.3. The predicted octanol–water partition coefficient (Wildman–Crippen LogP) is 1.53. The van der Waals surface area contributed by atoms with Crippen LogP contribution < -0.4 is 11.1 Å². The molecule has 0 bridgehead atoms. The van der Waals surface area contributed by atoms with Crippen LogP contribution in [0.1, 0.15) is 31.7 Å². The van der Waals surface area contributed by atoms with Gasteiger partial charge in [0.15, 0.2) is 0 Å². The summed E-state index contributed by atoms with van der Waals surface area (Å²) in [6, 6.07) is 5.49. The summed E-state index contributed by atoms with van der Waals surface area (Å²) in [5, 5.41) is 9.85. The lowest BCUT2D eigenvalue weighted by Gasteiger charge is -2.09. The molecule has 0 aliphatic heterocycles. The van der Waals surface area contributed by atoms with Crippen LogP contribution in [0.15, 0.2) is 29.2 Å². The molecular formula is C17H29N3O5S. The molecule has 0 heterocycles. The van der Waals surface area contributed by atoms with E-state index in [-0.39, 0.29) is 10.9 Å². The Labute approximate surface area is 155 Å². The number of carbonyl (C=O) groups excluding carboxylic acids is 1. The summed E-state index contributed by atoms with van der Waals surface area (Å²) >= 11 is 0. The number of esters is 1. The first kappa shape index (κ1) is 24.2. The fourth-order valence-electron chi connectivity index (χ4n) is 1.87. The van der Waals surface area contributed by atoms with Crippen LogP contribution in [0.4, 0.5) is 0 Å². The van der Waals surface area contributed by atoms with Gasteiger partial charge in [-0.2, -0.15) is 8.42 Å². The maximum atomic E-state index is 11.1. The summed E-state index contributed by atoms with van der Waals surface area (Å²) in [4.78, 5) is 11.1. The van der Waals surface area contributed by atoms with E-state index in [1.54, 1.807) is 19.1 Å². The van der Waals surface area contributed by atoms with E-state index in [4.69, 9.17) is 20.4 Å². The quantitative estimate of drug-likeness (QED) is 0.206. The molecule has 5 N–H and O–H groups in total. The Balaban J connectivity index is 0.000000502. The van der Waals surface area contributed by atoms with Gasteiger partial charge in [-0.15, -0.1) is 0 Å². The number of carbonyl (C=O) groups is 1. The molecule has 9 heteroatoms. The SMILES string of the molecule is CCOC(=O)C(N)CCCCNCC=N.Cc1ccc(S(=O)(=O)O)cc1. The average molecular weight is 388 g/mol. The number of hydrogen-bond acceptors (Lipinski definition) is 7. The van der Waals surface area contributed by atoms with E-state index in [0.29, 0.717) is 19.6 Å².